The molecule has 0 unspecified atom stereocenters. The van der Waals surface area contributed by atoms with Crippen LogP contribution in [0.3, 0.4) is 0 Å². The average molecular weight is 348 g/mol. The molecule has 0 atom stereocenters. The van der Waals surface area contributed by atoms with Crippen molar-refractivity contribution in [2.75, 3.05) is 18.2 Å². The molecule has 3 rings (SSSR count). The van der Waals surface area contributed by atoms with Gasteiger partial charge in [0.05, 0.1) is 30.4 Å². The first-order chi connectivity index (χ1) is 12.3. The number of para-hydroxylation sites is 1. The summed E-state index contributed by atoms with van der Waals surface area (Å²) >= 11 is 1.58. The molecule has 3 aromatic rings. The predicted octanol–water partition coefficient (Wildman–Crippen LogP) is 4.02. The number of nitrogens with zero attached hydrogens (tertiary/aromatic N) is 3. The lowest BCUT2D eigenvalue weighted by Crippen LogP contribution is -2.01. The molecule has 0 saturated carbocycles. The van der Waals surface area contributed by atoms with Crippen molar-refractivity contribution in [2.24, 2.45) is 0 Å². The number of nitrogens with one attached hydrogen (secondary N) is 1. The number of thioether (sulfide) groups is 1. The summed E-state index contributed by atoms with van der Waals surface area (Å²) in [6.07, 6.45) is 6.98. The largest absolute Gasteiger partial charge is 0.497 e. The number of rotatable bonds is 6. The molecule has 0 aliphatic heterocycles. The number of hydrogen-bond acceptors (Lipinski definition) is 6. The van der Waals surface area contributed by atoms with Crippen LogP contribution in [0.25, 0.3) is 11.3 Å². The Bertz CT molecular complexity index is 890. The highest BCUT2D eigenvalue weighted by molar-refractivity contribution is 7.99. The maximum absolute atomic E-state index is 5.35. The topological polar surface area (TPSA) is 59.9 Å². The zero-order valence-electron chi connectivity index (χ0n) is 13.6. The van der Waals surface area contributed by atoms with E-state index in [1.54, 1.807) is 25.1 Å². The minimum atomic E-state index is 0.432. The molecule has 1 N–H and O–H groups in total. The highest BCUT2D eigenvalue weighted by Crippen LogP contribution is 2.28. The molecule has 2 aromatic carbocycles. The van der Waals surface area contributed by atoms with Gasteiger partial charge in [-0.05, 0) is 36.4 Å². The van der Waals surface area contributed by atoms with Crippen LogP contribution in [0.4, 0.5) is 11.6 Å². The van der Waals surface area contributed by atoms with E-state index in [2.05, 4.69) is 26.4 Å². The van der Waals surface area contributed by atoms with Crippen LogP contribution in [0, 0.1) is 12.3 Å². The van der Waals surface area contributed by atoms with Crippen LogP contribution in [0.1, 0.15) is 0 Å². The smallest absolute Gasteiger partial charge is 0.247 e. The molecule has 124 valence electrons. The molecule has 25 heavy (non-hydrogen) atoms. The van der Waals surface area contributed by atoms with Gasteiger partial charge in [0.2, 0.25) is 5.95 Å². The lowest BCUT2D eigenvalue weighted by atomic mass is 10.1. The molecule has 5 nitrogen and oxygen atoms in total. The molecule has 0 bridgehead atoms. The summed E-state index contributed by atoms with van der Waals surface area (Å²) in [7, 11) is 1.64. The number of anilines is 2. The van der Waals surface area contributed by atoms with Crippen molar-refractivity contribution in [3.63, 3.8) is 0 Å². The van der Waals surface area contributed by atoms with E-state index < -0.39 is 0 Å². The summed E-state index contributed by atoms with van der Waals surface area (Å²) in [5, 5.41) is 11.3. The maximum Gasteiger partial charge on any atom is 0.247 e. The number of aromatic nitrogens is 3. The van der Waals surface area contributed by atoms with Crippen molar-refractivity contribution in [3.8, 4) is 29.4 Å². The van der Waals surface area contributed by atoms with E-state index in [0.717, 1.165) is 27.6 Å². The second-order valence-corrected chi connectivity index (χ2v) is 6.02. The van der Waals surface area contributed by atoms with Gasteiger partial charge < -0.3 is 10.1 Å². The van der Waals surface area contributed by atoms with Crippen LogP contribution in [0.5, 0.6) is 5.75 Å². The summed E-state index contributed by atoms with van der Waals surface area (Å²) in [5.41, 5.74) is 2.57. The number of methoxy groups -OCH3 is 1. The zero-order valence-corrected chi connectivity index (χ0v) is 14.5. The molecule has 0 saturated heterocycles. The van der Waals surface area contributed by atoms with Gasteiger partial charge in [0.1, 0.15) is 5.75 Å². The van der Waals surface area contributed by atoms with Crippen molar-refractivity contribution in [3.05, 3.63) is 54.7 Å². The first kappa shape index (κ1) is 16.8. The monoisotopic (exact) mass is 348 g/mol. The molecule has 0 aliphatic rings. The molecular formula is C19H16N4OS. The summed E-state index contributed by atoms with van der Waals surface area (Å²) in [4.78, 5) is 5.58. The van der Waals surface area contributed by atoms with Gasteiger partial charge in [-0.15, -0.1) is 23.3 Å². The molecule has 0 spiro atoms. The van der Waals surface area contributed by atoms with Crippen LogP contribution in [0.15, 0.2) is 59.6 Å². The quantitative estimate of drug-likeness (QED) is 0.536. The Kier molecular flexibility index (Phi) is 5.50. The molecule has 1 aromatic heterocycles. The molecule has 1 heterocycles. The third-order valence-electron chi connectivity index (χ3n) is 3.39. The van der Waals surface area contributed by atoms with Gasteiger partial charge in [0.25, 0.3) is 0 Å². The third-order valence-corrected chi connectivity index (χ3v) is 4.37. The van der Waals surface area contributed by atoms with Crippen molar-refractivity contribution >= 4 is 23.4 Å². The Hall–Kier alpha value is -3.04. The summed E-state index contributed by atoms with van der Waals surface area (Å²) in [6, 6.07) is 15.5. The van der Waals surface area contributed by atoms with Gasteiger partial charge in [-0.2, -0.15) is 5.10 Å². The standard InChI is InChI=1S/C19H16N4OS/c1-3-12-25-18-7-5-4-6-16(18)21-19-22-17(13-20-23-19)14-8-10-15(24-2)11-9-14/h1,4-11,13H,12H2,2H3,(H,21,22,23). The zero-order chi connectivity index (χ0) is 17.5. The van der Waals surface area contributed by atoms with E-state index in [4.69, 9.17) is 11.2 Å². The fraction of sp³-hybridized carbons (Fsp3) is 0.105. The summed E-state index contributed by atoms with van der Waals surface area (Å²) in [6.45, 7) is 0. The minimum Gasteiger partial charge on any atom is -0.497 e. The Morgan fingerprint density at radius 1 is 1.16 bits per heavy atom. The van der Waals surface area contributed by atoms with Gasteiger partial charge in [-0.3, -0.25) is 0 Å². The highest BCUT2D eigenvalue weighted by Gasteiger charge is 2.07. The van der Waals surface area contributed by atoms with Crippen molar-refractivity contribution in [1.29, 1.82) is 0 Å². The van der Waals surface area contributed by atoms with Crippen LogP contribution >= 0.6 is 11.8 Å². The Balaban J connectivity index is 1.84. The molecule has 6 heteroatoms. The van der Waals surface area contributed by atoms with Crippen LogP contribution in [0.2, 0.25) is 0 Å². The van der Waals surface area contributed by atoms with Crippen molar-refractivity contribution in [1.82, 2.24) is 15.2 Å². The maximum atomic E-state index is 5.35. The van der Waals surface area contributed by atoms with E-state index in [0.29, 0.717) is 11.7 Å². The van der Waals surface area contributed by atoms with E-state index in [1.165, 1.54) is 0 Å². The number of ether oxygens (including phenoxy) is 1. The number of hydrogen-bond donors (Lipinski definition) is 1. The summed E-state index contributed by atoms with van der Waals surface area (Å²) < 4.78 is 5.18. The van der Waals surface area contributed by atoms with Gasteiger partial charge in [-0.1, -0.05) is 18.1 Å². The van der Waals surface area contributed by atoms with E-state index in [1.807, 2.05) is 48.5 Å². The second kappa shape index (κ2) is 8.18. The van der Waals surface area contributed by atoms with E-state index >= 15 is 0 Å². The predicted molar refractivity (Wildman–Crippen MR) is 101 cm³/mol. The van der Waals surface area contributed by atoms with Gasteiger partial charge in [0.15, 0.2) is 0 Å². The summed E-state index contributed by atoms with van der Waals surface area (Å²) in [5.74, 6) is 4.46. The normalized spacial score (nSPS) is 10.1. The van der Waals surface area contributed by atoms with Crippen LogP contribution < -0.4 is 10.1 Å². The number of terminal acetylenes is 1. The lowest BCUT2D eigenvalue weighted by molar-refractivity contribution is 0.415. The molecular weight excluding hydrogens is 332 g/mol. The SMILES string of the molecule is C#CCSc1ccccc1Nc1nncc(-c2ccc(OC)cc2)n1. The minimum absolute atomic E-state index is 0.432. The van der Waals surface area contributed by atoms with Gasteiger partial charge >= 0.3 is 0 Å². The Morgan fingerprint density at radius 3 is 2.72 bits per heavy atom. The van der Waals surface area contributed by atoms with Gasteiger partial charge in [-0.25, -0.2) is 4.98 Å². The molecule has 0 fully saturated rings. The first-order valence-corrected chi connectivity index (χ1v) is 8.55. The highest BCUT2D eigenvalue weighted by atomic mass is 32.2. The van der Waals surface area contributed by atoms with E-state index in [-0.39, 0.29) is 0 Å². The molecule has 0 aliphatic carbocycles. The number of benzene rings is 2. The fourth-order valence-corrected chi connectivity index (χ4v) is 2.88. The lowest BCUT2D eigenvalue weighted by Gasteiger charge is -2.10. The Labute approximate surface area is 150 Å². The average Bonchev–Trinajstić information content (AvgIpc) is 2.67. The van der Waals surface area contributed by atoms with Crippen molar-refractivity contribution < 1.29 is 4.74 Å². The van der Waals surface area contributed by atoms with Crippen LogP contribution in [-0.2, 0) is 0 Å². The third kappa shape index (κ3) is 4.28. The molecule has 0 amide bonds. The first-order valence-electron chi connectivity index (χ1n) is 7.56. The fourth-order valence-electron chi connectivity index (χ4n) is 2.19. The van der Waals surface area contributed by atoms with Crippen molar-refractivity contribution in [2.45, 2.75) is 4.90 Å². The van der Waals surface area contributed by atoms with Gasteiger partial charge in [0, 0.05) is 10.5 Å². The Morgan fingerprint density at radius 2 is 1.96 bits per heavy atom. The van der Waals surface area contributed by atoms with Crippen LogP contribution in [-0.4, -0.2) is 28.0 Å². The second-order valence-electron chi connectivity index (χ2n) is 5.01. The van der Waals surface area contributed by atoms with E-state index in [9.17, 15) is 0 Å². The molecule has 0 radical (unpaired) electrons.